The largest absolute Gasteiger partial charge is 0.319 e. The zero-order valence-electron chi connectivity index (χ0n) is 6.05. The maximum absolute atomic E-state index is 10.9. The van der Waals surface area contributed by atoms with Crippen molar-refractivity contribution in [1.82, 2.24) is 4.90 Å². The lowest BCUT2D eigenvalue weighted by atomic mass is 10.1. The molecule has 0 aromatic carbocycles. The number of carbonyl (C=O) groups is 2. The van der Waals surface area contributed by atoms with Gasteiger partial charge >= 0.3 is 0 Å². The lowest BCUT2D eigenvalue weighted by molar-refractivity contribution is -0.132. The number of nitrogens with zero attached hydrogens (tertiary/aromatic N) is 1. The number of ketones is 1. The highest BCUT2D eigenvalue weighted by atomic mass is 16.2. The summed E-state index contributed by atoms with van der Waals surface area (Å²) in [6.45, 7) is 1.74. The molecule has 1 amide bonds. The predicted molar refractivity (Wildman–Crippen MR) is 36.2 cm³/mol. The van der Waals surface area contributed by atoms with E-state index in [1.807, 2.05) is 0 Å². The molecule has 0 aromatic rings. The van der Waals surface area contributed by atoms with Crippen LogP contribution in [-0.4, -0.2) is 23.6 Å². The van der Waals surface area contributed by atoms with Crippen molar-refractivity contribution < 1.29 is 9.59 Å². The molecule has 0 aromatic heterocycles. The van der Waals surface area contributed by atoms with Gasteiger partial charge in [0.05, 0.1) is 6.42 Å². The molecule has 10 heavy (non-hydrogen) atoms. The number of carbonyl (C=O) groups excluding carboxylic acids is 2. The number of allylic oxidation sites excluding steroid dienone is 2. The van der Waals surface area contributed by atoms with Crippen molar-refractivity contribution in [1.29, 1.82) is 0 Å². The van der Waals surface area contributed by atoms with Crippen molar-refractivity contribution in [2.45, 2.75) is 13.3 Å². The molecule has 0 saturated heterocycles. The lowest BCUT2D eigenvalue weighted by Gasteiger charge is -2.20. The van der Waals surface area contributed by atoms with Crippen molar-refractivity contribution in [3.8, 4) is 0 Å². The van der Waals surface area contributed by atoms with Crippen LogP contribution in [0, 0.1) is 0 Å². The quantitative estimate of drug-likeness (QED) is 0.453. The van der Waals surface area contributed by atoms with E-state index in [-0.39, 0.29) is 18.1 Å². The molecule has 0 unspecified atom stereocenters. The number of rotatable bonds is 0. The second-order valence-electron chi connectivity index (χ2n) is 2.38. The molecule has 0 fully saturated rings. The van der Waals surface area contributed by atoms with Crippen LogP contribution in [0.25, 0.3) is 0 Å². The van der Waals surface area contributed by atoms with Gasteiger partial charge in [-0.3, -0.25) is 9.59 Å². The lowest BCUT2D eigenvalue weighted by Crippen LogP contribution is -2.30. The molecule has 3 heteroatoms. The van der Waals surface area contributed by atoms with Gasteiger partial charge < -0.3 is 4.90 Å². The highest BCUT2D eigenvalue weighted by Crippen LogP contribution is 2.09. The van der Waals surface area contributed by atoms with E-state index in [0.717, 1.165) is 5.70 Å². The van der Waals surface area contributed by atoms with Crippen molar-refractivity contribution in [3.63, 3.8) is 0 Å². The van der Waals surface area contributed by atoms with Crippen LogP contribution in [0.4, 0.5) is 0 Å². The maximum Gasteiger partial charge on any atom is 0.234 e. The van der Waals surface area contributed by atoms with E-state index in [1.54, 1.807) is 14.0 Å². The monoisotopic (exact) mass is 139 g/mol. The summed E-state index contributed by atoms with van der Waals surface area (Å²) in [4.78, 5) is 23.1. The van der Waals surface area contributed by atoms with E-state index in [2.05, 4.69) is 0 Å². The normalized spacial score (nSPS) is 19.4. The molecule has 1 aliphatic rings. The fourth-order valence-corrected chi connectivity index (χ4v) is 0.845. The summed E-state index contributed by atoms with van der Waals surface area (Å²) in [5.41, 5.74) is 0.723. The third-order valence-electron chi connectivity index (χ3n) is 1.60. The van der Waals surface area contributed by atoms with Crippen molar-refractivity contribution in [2.24, 2.45) is 0 Å². The van der Waals surface area contributed by atoms with Gasteiger partial charge in [-0.1, -0.05) is 0 Å². The summed E-state index contributed by atoms with van der Waals surface area (Å²) in [6.07, 6.45) is 1.51. The van der Waals surface area contributed by atoms with E-state index in [0.29, 0.717) is 0 Å². The first kappa shape index (κ1) is 6.99. The smallest absolute Gasteiger partial charge is 0.234 e. The minimum atomic E-state index is -0.120. The third-order valence-corrected chi connectivity index (χ3v) is 1.60. The second-order valence-corrected chi connectivity index (χ2v) is 2.38. The summed E-state index contributed by atoms with van der Waals surface area (Å²) in [7, 11) is 1.67. The van der Waals surface area contributed by atoms with Crippen LogP contribution in [0.2, 0.25) is 0 Å². The third kappa shape index (κ3) is 1.07. The van der Waals surface area contributed by atoms with Crippen LogP contribution in [0.15, 0.2) is 11.8 Å². The van der Waals surface area contributed by atoms with E-state index < -0.39 is 0 Å². The fourth-order valence-electron chi connectivity index (χ4n) is 0.845. The van der Waals surface area contributed by atoms with Gasteiger partial charge in [0.25, 0.3) is 0 Å². The average molecular weight is 139 g/mol. The zero-order valence-corrected chi connectivity index (χ0v) is 6.05. The molecule has 54 valence electrons. The summed E-state index contributed by atoms with van der Waals surface area (Å²) >= 11 is 0. The molecule has 0 saturated carbocycles. The van der Waals surface area contributed by atoms with Crippen LogP contribution in [0.5, 0.6) is 0 Å². The van der Waals surface area contributed by atoms with Gasteiger partial charge in [0.15, 0.2) is 5.78 Å². The Hall–Kier alpha value is -1.12. The van der Waals surface area contributed by atoms with E-state index >= 15 is 0 Å². The molecular formula is C7H9NO2. The van der Waals surface area contributed by atoms with E-state index in [4.69, 9.17) is 0 Å². The SMILES string of the molecule is CC1=CC(=O)CC(=O)N1C. The van der Waals surface area contributed by atoms with Gasteiger partial charge in [-0.25, -0.2) is 0 Å². The zero-order chi connectivity index (χ0) is 7.72. The van der Waals surface area contributed by atoms with Gasteiger partial charge in [0.2, 0.25) is 5.91 Å². The maximum atomic E-state index is 10.9. The molecule has 0 radical (unpaired) electrons. The van der Waals surface area contributed by atoms with Gasteiger partial charge in [-0.15, -0.1) is 0 Å². The minimum Gasteiger partial charge on any atom is -0.319 e. The predicted octanol–water partition coefficient (Wildman–Crippen LogP) is 0.321. The Morgan fingerprint density at radius 2 is 2.10 bits per heavy atom. The first-order valence-electron chi connectivity index (χ1n) is 3.09. The van der Waals surface area contributed by atoms with Gasteiger partial charge in [-0.05, 0) is 6.92 Å². The summed E-state index contributed by atoms with van der Waals surface area (Å²) in [5.74, 6) is -0.217. The van der Waals surface area contributed by atoms with Crippen LogP contribution in [0.1, 0.15) is 13.3 Å². The fraction of sp³-hybridized carbons (Fsp3) is 0.429. The minimum absolute atomic E-state index is 0.0217. The standard InChI is InChI=1S/C7H9NO2/c1-5-3-6(9)4-7(10)8(5)2/h3H,4H2,1-2H3. The Morgan fingerprint density at radius 1 is 1.50 bits per heavy atom. The number of hydrogen-bond acceptors (Lipinski definition) is 2. The molecular weight excluding hydrogens is 130 g/mol. The topological polar surface area (TPSA) is 37.4 Å². The molecule has 3 nitrogen and oxygen atoms in total. The molecule has 0 N–H and O–H groups in total. The highest BCUT2D eigenvalue weighted by Gasteiger charge is 2.19. The molecule has 0 aliphatic carbocycles. The first-order valence-corrected chi connectivity index (χ1v) is 3.09. The van der Waals surface area contributed by atoms with Crippen LogP contribution < -0.4 is 0 Å². The first-order chi connectivity index (χ1) is 4.61. The summed E-state index contributed by atoms with van der Waals surface area (Å²) in [5, 5.41) is 0. The van der Waals surface area contributed by atoms with Gasteiger partial charge in [0.1, 0.15) is 0 Å². The molecule has 0 atom stereocenters. The molecule has 0 spiro atoms. The van der Waals surface area contributed by atoms with E-state index in [1.165, 1.54) is 11.0 Å². The van der Waals surface area contributed by atoms with Gasteiger partial charge in [-0.2, -0.15) is 0 Å². The second kappa shape index (κ2) is 2.25. The Morgan fingerprint density at radius 3 is 2.60 bits per heavy atom. The highest BCUT2D eigenvalue weighted by molar-refractivity contribution is 6.06. The van der Waals surface area contributed by atoms with Crippen LogP contribution >= 0.6 is 0 Å². The summed E-state index contributed by atoms with van der Waals surface area (Å²) < 4.78 is 0. The van der Waals surface area contributed by atoms with Gasteiger partial charge in [0, 0.05) is 18.8 Å². The van der Waals surface area contributed by atoms with E-state index in [9.17, 15) is 9.59 Å². The average Bonchev–Trinajstić information content (AvgIpc) is 1.82. The van der Waals surface area contributed by atoms with Crippen molar-refractivity contribution in [2.75, 3.05) is 7.05 Å². The molecule has 1 heterocycles. The molecule has 0 bridgehead atoms. The van der Waals surface area contributed by atoms with Crippen LogP contribution in [-0.2, 0) is 9.59 Å². The van der Waals surface area contributed by atoms with Crippen LogP contribution in [0.3, 0.4) is 0 Å². The summed E-state index contributed by atoms with van der Waals surface area (Å²) in [6, 6.07) is 0. The Bertz CT molecular complexity index is 218. The number of amides is 1. The molecule has 1 aliphatic heterocycles. The Balaban J connectivity index is 2.91. The van der Waals surface area contributed by atoms with Crippen molar-refractivity contribution in [3.05, 3.63) is 11.8 Å². The Labute approximate surface area is 59.3 Å². The van der Waals surface area contributed by atoms with Crippen molar-refractivity contribution >= 4 is 11.7 Å². The Kier molecular flexibility index (Phi) is 1.57. The molecule has 1 rings (SSSR count). The number of hydrogen-bond donors (Lipinski definition) is 0.